The predicted octanol–water partition coefficient (Wildman–Crippen LogP) is 4.57. The minimum absolute atomic E-state index is 0.0198. The lowest BCUT2D eigenvalue weighted by atomic mass is 9.49. The Morgan fingerprint density at radius 1 is 1.16 bits per heavy atom. The first kappa shape index (κ1) is 20.7. The number of carbonyl (C=O) groups excluding carboxylic acids is 1. The van der Waals surface area contributed by atoms with Crippen molar-refractivity contribution < 1.29 is 22.0 Å². The molecule has 5 nitrogen and oxygen atoms in total. The van der Waals surface area contributed by atoms with Crippen molar-refractivity contribution in [2.45, 2.75) is 55.6 Å². The van der Waals surface area contributed by atoms with Crippen molar-refractivity contribution in [1.29, 1.82) is 0 Å². The van der Waals surface area contributed by atoms with Gasteiger partial charge in [0.1, 0.15) is 16.8 Å². The molecule has 0 aliphatic heterocycles. The van der Waals surface area contributed by atoms with Crippen LogP contribution in [0.3, 0.4) is 0 Å². The fourth-order valence-electron chi connectivity index (χ4n) is 6.56. The van der Waals surface area contributed by atoms with Gasteiger partial charge >= 0.3 is 0 Å². The van der Waals surface area contributed by atoms with Crippen molar-refractivity contribution in [2.24, 2.45) is 23.2 Å². The van der Waals surface area contributed by atoms with Gasteiger partial charge in [0.2, 0.25) is 5.91 Å². The average Bonchev–Trinajstić information content (AvgIpc) is 3.23. The van der Waals surface area contributed by atoms with Crippen LogP contribution in [0.4, 0.5) is 4.39 Å². The van der Waals surface area contributed by atoms with Gasteiger partial charge in [0, 0.05) is 12.0 Å². The first-order valence-electron chi connectivity index (χ1n) is 11.1. The molecule has 1 atom stereocenters. The average molecular weight is 446 g/mol. The van der Waals surface area contributed by atoms with Crippen LogP contribution in [0.25, 0.3) is 0 Å². The Kier molecular flexibility index (Phi) is 5.00. The molecule has 4 bridgehead atoms. The van der Waals surface area contributed by atoms with E-state index >= 15 is 0 Å². The molecule has 1 N–H and O–H groups in total. The lowest BCUT2D eigenvalue weighted by molar-refractivity contribution is -0.146. The smallest absolute Gasteiger partial charge is 0.226 e. The molecule has 6 rings (SSSR count). The molecule has 31 heavy (non-hydrogen) atoms. The third-order valence-electron chi connectivity index (χ3n) is 7.66. The van der Waals surface area contributed by atoms with Gasteiger partial charge in [-0.05, 0) is 99.1 Å². The summed E-state index contributed by atoms with van der Waals surface area (Å²) in [5.41, 5.74) is -0.0875. The summed E-state index contributed by atoms with van der Waals surface area (Å²) in [7, 11) is -3.89. The maximum atomic E-state index is 13.7. The van der Waals surface area contributed by atoms with Crippen LogP contribution in [0.5, 0.6) is 0 Å². The van der Waals surface area contributed by atoms with Crippen molar-refractivity contribution in [3.63, 3.8) is 0 Å². The molecule has 4 saturated carbocycles. The van der Waals surface area contributed by atoms with Crippen molar-refractivity contribution in [3.05, 3.63) is 53.7 Å². The molecule has 4 fully saturated rings. The number of rotatable bonds is 6. The number of hydrogen-bond donors (Lipinski definition) is 1. The van der Waals surface area contributed by atoms with Crippen LogP contribution in [0.1, 0.15) is 55.1 Å². The standard InChI is InChI=1S/C24H28FNO4S/c1-15-7-19(4-5-20(15)25)31(28,29)22(21-3-2-6-30-21)14-26-23(27)24-11-16-8-17(12-24)10-18(9-16)13-24/h2-7,16-18,22H,8-14H2,1H3,(H,26,27)/t16?,17?,18?,22-,24?/m1/s1. The highest BCUT2D eigenvalue weighted by molar-refractivity contribution is 7.91. The first-order valence-corrected chi connectivity index (χ1v) is 12.6. The van der Waals surface area contributed by atoms with Gasteiger partial charge in [-0.15, -0.1) is 0 Å². The first-order chi connectivity index (χ1) is 14.8. The fraction of sp³-hybridized carbons (Fsp3) is 0.542. The van der Waals surface area contributed by atoms with E-state index in [4.69, 9.17) is 4.42 Å². The van der Waals surface area contributed by atoms with Crippen LogP contribution in [-0.2, 0) is 14.6 Å². The molecule has 166 valence electrons. The van der Waals surface area contributed by atoms with E-state index in [0.29, 0.717) is 17.8 Å². The molecule has 0 spiro atoms. The number of nitrogens with one attached hydrogen (secondary N) is 1. The molecular formula is C24H28FNO4S. The van der Waals surface area contributed by atoms with Crippen LogP contribution in [-0.4, -0.2) is 20.9 Å². The zero-order valence-electron chi connectivity index (χ0n) is 17.6. The van der Waals surface area contributed by atoms with Crippen LogP contribution < -0.4 is 5.32 Å². The Labute approximate surface area is 182 Å². The number of hydrogen-bond acceptors (Lipinski definition) is 4. The van der Waals surface area contributed by atoms with Gasteiger partial charge in [-0.2, -0.15) is 0 Å². The third-order valence-corrected chi connectivity index (χ3v) is 9.72. The topological polar surface area (TPSA) is 76.4 Å². The second-order valence-corrected chi connectivity index (χ2v) is 12.0. The highest BCUT2D eigenvalue weighted by atomic mass is 32.2. The zero-order valence-corrected chi connectivity index (χ0v) is 18.5. The van der Waals surface area contributed by atoms with E-state index in [0.717, 1.165) is 25.3 Å². The molecule has 1 heterocycles. The van der Waals surface area contributed by atoms with E-state index in [9.17, 15) is 17.6 Å². The number of amides is 1. The molecule has 7 heteroatoms. The minimum Gasteiger partial charge on any atom is -0.468 e. The Morgan fingerprint density at radius 3 is 2.35 bits per heavy atom. The molecule has 4 aliphatic rings. The number of halogens is 1. The SMILES string of the molecule is Cc1cc(S(=O)(=O)[C@H](CNC(=O)C23CC4CC(CC(C4)C2)C3)c2ccco2)ccc1F. The molecule has 4 aliphatic carbocycles. The summed E-state index contributed by atoms with van der Waals surface area (Å²) in [6, 6.07) is 7.01. The lowest BCUT2D eigenvalue weighted by Crippen LogP contribution is -2.54. The third kappa shape index (κ3) is 3.60. The molecule has 0 saturated heterocycles. The monoisotopic (exact) mass is 445 g/mol. The van der Waals surface area contributed by atoms with E-state index in [2.05, 4.69) is 5.32 Å². The zero-order chi connectivity index (χ0) is 21.8. The predicted molar refractivity (Wildman–Crippen MR) is 113 cm³/mol. The Hall–Kier alpha value is -2.15. The summed E-state index contributed by atoms with van der Waals surface area (Å²) in [6.07, 6.45) is 7.88. The highest BCUT2D eigenvalue weighted by Gasteiger charge is 2.54. The van der Waals surface area contributed by atoms with Gasteiger partial charge in [0.25, 0.3) is 0 Å². The van der Waals surface area contributed by atoms with Crippen molar-refractivity contribution >= 4 is 15.7 Å². The van der Waals surface area contributed by atoms with Gasteiger partial charge in [0.15, 0.2) is 9.84 Å². The highest BCUT2D eigenvalue weighted by Crippen LogP contribution is 2.60. The number of sulfone groups is 1. The number of carbonyl (C=O) groups is 1. The van der Waals surface area contributed by atoms with Crippen molar-refractivity contribution in [1.82, 2.24) is 5.32 Å². The van der Waals surface area contributed by atoms with E-state index in [1.165, 1.54) is 44.6 Å². The largest absolute Gasteiger partial charge is 0.468 e. The number of aryl methyl sites for hydroxylation is 1. The van der Waals surface area contributed by atoms with Crippen molar-refractivity contribution in [3.8, 4) is 0 Å². The molecule has 0 unspecified atom stereocenters. The van der Waals surface area contributed by atoms with E-state index in [-0.39, 0.29) is 34.1 Å². The maximum Gasteiger partial charge on any atom is 0.226 e. The van der Waals surface area contributed by atoms with Gasteiger partial charge < -0.3 is 9.73 Å². The Morgan fingerprint density at radius 2 is 1.81 bits per heavy atom. The van der Waals surface area contributed by atoms with E-state index in [1.54, 1.807) is 12.1 Å². The van der Waals surface area contributed by atoms with E-state index in [1.807, 2.05) is 0 Å². The summed E-state index contributed by atoms with van der Waals surface area (Å²) in [6.45, 7) is 1.47. The second kappa shape index (κ2) is 7.47. The molecule has 1 amide bonds. The minimum atomic E-state index is -3.89. The maximum absolute atomic E-state index is 13.7. The lowest BCUT2D eigenvalue weighted by Gasteiger charge is -2.55. The van der Waals surface area contributed by atoms with Crippen LogP contribution in [0.2, 0.25) is 0 Å². The number of furan rings is 1. The van der Waals surface area contributed by atoms with E-state index < -0.39 is 20.9 Å². The summed E-state index contributed by atoms with van der Waals surface area (Å²) < 4.78 is 46.0. The second-order valence-electron chi connectivity index (χ2n) is 9.87. The van der Waals surface area contributed by atoms with Gasteiger partial charge in [-0.1, -0.05) is 0 Å². The summed E-state index contributed by atoms with van der Waals surface area (Å²) >= 11 is 0. The molecule has 1 aromatic heterocycles. The van der Waals surface area contributed by atoms with Crippen LogP contribution in [0, 0.1) is 35.9 Å². The fourth-order valence-corrected chi connectivity index (χ4v) is 8.23. The Balaban J connectivity index is 1.39. The molecule has 0 radical (unpaired) electrons. The molecule has 1 aromatic carbocycles. The van der Waals surface area contributed by atoms with Crippen molar-refractivity contribution in [2.75, 3.05) is 6.54 Å². The normalized spacial score (nSPS) is 30.3. The number of benzene rings is 1. The summed E-state index contributed by atoms with van der Waals surface area (Å²) in [4.78, 5) is 13.4. The summed E-state index contributed by atoms with van der Waals surface area (Å²) in [5.74, 6) is 1.68. The van der Waals surface area contributed by atoms with Gasteiger partial charge in [-0.3, -0.25) is 4.79 Å². The molecular weight excluding hydrogens is 417 g/mol. The van der Waals surface area contributed by atoms with Gasteiger partial charge in [0.05, 0.1) is 11.2 Å². The van der Waals surface area contributed by atoms with Crippen LogP contribution >= 0.6 is 0 Å². The summed E-state index contributed by atoms with van der Waals surface area (Å²) in [5, 5.41) is 1.91. The Bertz CT molecular complexity index is 1060. The van der Waals surface area contributed by atoms with Crippen LogP contribution in [0.15, 0.2) is 45.9 Å². The quantitative estimate of drug-likeness (QED) is 0.661. The molecule has 2 aromatic rings. The van der Waals surface area contributed by atoms with Gasteiger partial charge in [-0.25, -0.2) is 12.8 Å².